The molecular weight excluding hydrogens is 399 g/mol. The van der Waals surface area contributed by atoms with Crippen LogP contribution in [0, 0.1) is 51.2 Å². The van der Waals surface area contributed by atoms with Gasteiger partial charge in [0, 0.05) is 0 Å². The van der Waals surface area contributed by atoms with Crippen LogP contribution in [-0.2, 0) is 9.69 Å². The van der Waals surface area contributed by atoms with E-state index >= 15 is 0 Å². The predicted octanol–water partition coefficient (Wildman–Crippen LogP) is -0.516. The molecule has 31 heavy (non-hydrogen) atoms. The van der Waals surface area contributed by atoms with Gasteiger partial charge in [-0.3, -0.25) is 0 Å². The van der Waals surface area contributed by atoms with Gasteiger partial charge < -0.3 is 26.3 Å². The Kier molecular flexibility index (Phi) is 18.8. The summed E-state index contributed by atoms with van der Waals surface area (Å²) in [5.41, 5.74) is 6.40. The summed E-state index contributed by atoms with van der Waals surface area (Å²) in [6.45, 7) is 13.3. The first-order valence-corrected chi connectivity index (χ1v) is 10.4. The molecule has 10 nitrogen and oxygen atoms in total. The van der Waals surface area contributed by atoms with Crippen LogP contribution in [0.15, 0.2) is 0 Å². The highest BCUT2D eigenvalue weighted by Crippen LogP contribution is 2.20. The summed E-state index contributed by atoms with van der Waals surface area (Å²) in [4.78, 5) is 7.46. The summed E-state index contributed by atoms with van der Waals surface area (Å²) in [5, 5.41) is 53.8. The summed E-state index contributed by atoms with van der Waals surface area (Å²) in [7, 11) is -2.89. The zero-order valence-electron chi connectivity index (χ0n) is 19.7. The molecule has 0 aliphatic carbocycles. The van der Waals surface area contributed by atoms with Crippen LogP contribution in [-0.4, -0.2) is 24.0 Å². The van der Waals surface area contributed by atoms with Crippen molar-refractivity contribution < 1.29 is 31.2 Å². The van der Waals surface area contributed by atoms with Crippen molar-refractivity contribution in [2.24, 2.45) is 5.92 Å². The summed E-state index contributed by atoms with van der Waals surface area (Å²) in [5.74, 6) is -1.80. The smallest absolute Gasteiger partial charge is 0.299 e. The van der Waals surface area contributed by atoms with Gasteiger partial charge in [0.05, 0.1) is 23.2 Å². The molecule has 0 radical (unpaired) electrons. The van der Waals surface area contributed by atoms with E-state index in [1.807, 2.05) is 0 Å². The molecule has 0 atom stereocenters. The van der Waals surface area contributed by atoms with Crippen molar-refractivity contribution >= 4 is 7.32 Å². The second kappa shape index (κ2) is 17.5. The molecule has 174 valence electrons. The number of hydrogen-bond acceptors (Lipinski definition) is 8. The van der Waals surface area contributed by atoms with Crippen LogP contribution in [0.3, 0.4) is 0 Å². The zero-order valence-corrected chi connectivity index (χ0v) is 19.7. The lowest BCUT2D eigenvalue weighted by Crippen LogP contribution is -2.71. The summed E-state index contributed by atoms with van der Waals surface area (Å²) >= 11 is 0. The van der Waals surface area contributed by atoms with Gasteiger partial charge in [0.2, 0.25) is 0 Å². The zero-order chi connectivity index (χ0) is 25.1. The second-order valence-corrected chi connectivity index (χ2v) is 7.24. The Morgan fingerprint density at radius 1 is 0.742 bits per heavy atom. The fraction of sp³-hybridized carbons (Fsp3) is 0.800. The average Bonchev–Trinajstić information content (AvgIpc) is 2.81. The molecule has 0 fully saturated rings. The maximum atomic E-state index is 9.92. The first kappa shape index (κ1) is 33.4. The third-order valence-electron chi connectivity index (χ3n) is 5.76. The summed E-state index contributed by atoms with van der Waals surface area (Å²) in [6.07, 6.45) is 7.25. The van der Waals surface area contributed by atoms with Crippen molar-refractivity contribution in [1.82, 2.24) is 0 Å². The lowest BCUT2D eigenvalue weighted by atomic mass is 9.92. The molecule has 0 aliphatic rings. The van der Waals surface area contributed by atoms with E-state index in [2.05, 4.69) is 62.7 Å². The standard InChI is InChI=1S/2C7H17N.C6HBN4O4/c2*1-4-7(8,5-2)6-3;8-1-5(2-9)6(3-10,4-11)14-15-7(12)13/h2*4-6,8H2,1-3H3;5H/q;;-2/p+2. The Morgan fingerprint density at radius 2 is 1.03 bits per heavy atom. The van der Waals surface area contributed by atoms with E-state index in [1.165, 1.54) is 62.8 Å². The van der Waals surface area contributed by atoms with Gasteiger partial charge in [-0.15, -0.1) is 0 Å². The molecule has 0 saturated carbocycles. The topological polar surface area (TPSA) is 215 Å². The van der Waals surface area contributed by atoms with Crippen molar-refractivity contribution in [3.63, 3.8) is 0 Å². The Morgan fingerprint density at radius 3 is 1.16 bits per heavy atom. The van der Waals surface area contributed by atoms with Crippen LogP contribution < -0.4 is 21.5 Å². The molecule has 0 aromatic carbocycles. The van der Waals surface area contributed by atoms with Crippen LogP contribution in [0.2, 0.25) is 0 Å². The van der Waals surface area contributed by atoms with Crippen LogP contribution in [0.4, 0.5) is 0 Å². The molecular formula is C20H37BN6O4. The summed E-state index contributed by atoms with van der Waals surface area (Å²) in [6, 6.07) is 4.99. The number of nitrogens with zero attached hydrogens (tertiary/aromatic N) is 4. The second-order valence-electron chi connectivity index (χ2n) is 7.24. The van der Waals surface area contributed by atoms with E-state index in [9.17, 15) is 10.0 Å². The molecule has 6 N–H and O–H groups in total. The number of quaternary nitrogens is 2. The maximum absolute atomic E-state index is 9.92. The minimum atomic E-state index is -2.89. The normalized spacial score (nSPS) is 10.8. The van der Waals surface area contributed by atoms with E-state index in [0.29, 0.717) is 11.1 Å². The van der Waals surface area contributed by atoms with Crippen LogP contribution >= 0.6 is 0 Å². The summed E-state index contributed by atoms with van der Waals surface area (Å²) < 4.78 is 0. The highest BCUT2D eigenvalue weighted by atomic mass is 17.2. The first-order chi connectivity index (χ1) is 14.4. The lowest BCUT2D eigenvalue weighted by molar-refractivity contribution is -0.481. The van der Waals surface area contributed by atoms with Gasteiger partial charge in [-0.05, 0) is 38.5 Å². The molecule has 0 spiro atoms. The minimum Gasteiger partial charge on any atom is -0.868 e. The lowest BCUT2D eigenvalue weighted by Gasteiger charge is -2.28. The van der Waals surface area contributed by atoms with Gasteiger partial charge in [0.25, 0.3) is 5.60 Å². The van der Waals surface area contributed by atoms with E-state index in [1.54, 1.807) is 0 Å². The molecule has 0 aromatic rings. The van der Waals surface area contributed by atoms with Crippen LogP contribution in [0.5, 0.6) is 0 Å². The number of rotatable bonds is 10. The van der Waals surface area contributed by atoms with Gasteiger partial charge >= 0.3 is 0 Å². The third-order valence-corrected chi connectivity index (χ3v) is 5.76. The fourth-order valence-electron chi connectivity index (χ4n) is 2.07. The molecule has 0 saturated heterocycles. The van der Waals surface area contributed by atoms with Gasteiger partial charge in [-0.1, -0.05) is 41.5 Å². The van der Waals surface area contributed by atoms with Gasteiger partial charge in [-0.2, -0.15) is 21.0 Å². The molecule has 0 amide bonds. The quantitative estimate of drug-likeness (QED) is 0.257. The van der Waals surface area contributed by atoms with Gasteiger partial charge in [-0.25, -0.2) is 4.89 Å². The maximum Gasteiger partial charge on any atom is 0.299 e. The highest BCUT2D eigenvalue weighted by Gasteiger charge is 2.43. The van der Waals surface area contributed by atoms with E-state index in [0.717, 1.165) is 0 Å². The van der Waals surface area contributed by atoms with Crippen molar-refractivity contribution in [1.29, 1.82) is 21.0 Å². The van der Waals surface area contributed by atoms with Gasteiger partial charge in [0.1, 0.15) is 19.5 Å². The van der Waals surface area contributed by atoms with E-state index in [4.69, 9.17) is 21.0 Å². The molecule has 0 rings (SSSR count). The van der Waals surface area contributed by atoms with Crippen molar-refractivity contribution in [3.8, 4) is 24.3 Å². The highest BCUT2D eigenvalue weighted by molar-refractivity contribution is 6.27. The van der Waals surface area contributed by atoms with E-state index < -0.39 is 18.8 Å². The molecule has 0 aromatic heterocycles. The largest absolute Gasteiger partial charge is 0.868 e. The van der Waals surface area contributed by atoms with Crippen LogP contribution in [0.25, 0.3) is 0 Å². The Labute approximate surface area is 187 Å². The third kappa shape index (κ3) is 12.9. The average molecular weight is 436 g/mol. The van der Waals surface area contributed by atoms with Crippen molar-refractivity contribution in [2.75, 3.05) is 0 Å². The Hall–Kier alpha value is -2.22. The first-order valence-electron chi connectivity index (χ1n) is 10.4. The Balaban J connectivity index is -0.000000415. The van der Waals surface area contributed by atoms with Crippen molar-refractivity contribution in [3.05, 3.63) is 0 Å². The molecule has 0 aliphatic heterocycles. The van der Waals surface area contributed by atoms with Gasteiger partial charge in [0.15, 0.2) is 5.92 Å². The number of hydrogen-bond donors (Lipinski definition) is 2. The SMILES string of the molecule is CCC([NH3+])(CC)CC.CCC([NH3+])(CC)CC.N#CC(C#N)C(C#N)(C#N)OOB([O-])[O-]. The molecule has 0 unspecified atom stereocenters. The van der Waals surface area contributed by atoms with Crippen LogP contribution in [0.1, 0.15) is 80.1 Å². The Bertz CT molecular complexity index is 577. The monoisotopic (exact) mass is 436 g/mol. The minimum absolute atomic E-state index is 0.375. The molecule has 11 heteroatoms. The molecule has 0 bridgehead atoms. The fourth-order valence-corrected chi connectivity index (χ4v) is 2.07. The number of nitriles is 4. The predicted molar refractivity (Wildman–Crippen MR) is 110 cm³/mol. The molecule has 0 heterocycles. The van der Waals surface area contributed by atoms with E-state index in [-0.39, 0.29) is 0 Å². The van der Waals surface area contributed by atoms with Crippen molar-refractivity contribution in [2.45, 2.75) is 96.7 Å².